The predicted molar refractivity (Wildman–Crippen MR) is 68.6 cm³/mol. The minimum absolute atomic E-state index is 0.108. The first-order valence-corrected chi connectivity index (χ1v) is 5.97. The van der Waals surface area contributed by atoms with Crippen molar-refractivity contribution in [3.8, 4) is 0 Å². The molecule has 1 aromatic carbocycles. The van der Waals surface area contributed by atoms with Gasteiger partial charge in [0.05, 0.1) is 25.7 Å². The molecule has 1 heterocycles. The third kappa shape index (κ3) is 3.30. The number of aliphatic hydroxyl groups excluding tert-OH is 1. The fourth-order valence-electron chi connectivity index (χ4n) is 1.84. The molecule has 2 aromatic rings. The maximum absolute atomic E-state index is 11.8. The number of benzene rings is 1. The second kappa shape index (κ2) is 6.31. The van der Waals surface area contributed by atoms with E-state index in [4.69, 9.17) is 14.4 Å². The highest BCUT2D eigenvalue weighted by atomic mass is 16.5. The molecule has 0 fully saturated rings. The topological polar surface area (TPSA) is 84.6 Å². The number of methoxy groups -OCH3 is 1. The number of ether oxygens (including phenoxy) is 1. The second-order valence-electron chi connectivity index (χ2n) is 4.20. The van der Waals surface area contributed by atoms with E-state index in [1.54, 1.807) is 6.07 Å². The lowest BCUT2D eigenvalue weighted by atomic mass is 10.1. The Morgan fingerprint density at radius 1 is 1.53 bits per heavy atom. The van der Waals surface area contributed by atoms with Crippen molar-refractivity contribution >= 4 is 16.9 Å². The zero-order valence-electron chi connectivity index (χ0n) is 10.6. The molecule has 0 spiro atoms. The Balaban J connectivity index is 2.02. The van der Waals surface area contributed by atoms with Crippen LogP contribution in [0.4, 0.5) is 0 Å². The number of nitrogens with one attached hydrogen (secondary N) is 1. The first-order valence-electron chi connectivity index (χ1n) is 5.97. The van der Waals surface area contributed by atoms with Gasteiger partial charge in [-0.2, -0.15) is 0 Å². The van der Waals surface area contributed by atoms with Gasteiger partial charge >= 0.3 is 0 Å². The molecule has 1 aromatic heterocycles. The molecule has 0 radical (unpaired) electrons. The van der Waals surface area contributed by atoms with Crippen molar-refractivity contribution in [3.63, 3.8) is 0 Å². The third-order valence-corrected chi connectivity index (χ3v) is 2.73. The molecule has 0 aliphatic heterocycles. The monoisotopic (exact) mass is 264 g/mol. The summed E-state index contributed by atoms with van der Waals surface area (Å²) in [6.45, 7) is 0.0982. The van der Waals surface area contributed by atoms with Crippen LogP contribution in [0.25, 0.3) is 11.0 Å². The average molecular weight is 264 g/mol. The molecular formula is C13H16N2O4. The summed E-state index contributed by atoms with van der Waals surface area (Å²) in [6, 6.07) is 6.95. The Morgan fingerprint density at radius 2 is 2.32 bits per heavy atom. The highest BCUT2D eigenvalue weighted by Gasteiger charge is 2.15. The van der Waals surface area contributed by atoms with Crippen molar-refractivity contribution in [1.82, 2.24) is 10.5 Å². The van der Waals surface area contributed by atoms with Crippen LogP contribution in [0.5, 0.6) is 0 Å². The number of hydrogen-bond donors (Lipinski definition) is 2. The number of hydrogen-bond acceptors (Lipinski definition) is 5. The Bertz CT molecular complexity index is 552. The van der Waals surface area contributed by atoms with Gasteiger partial charge in [-0.25, -0.2) is 0 Å². The molecule has 0 aliphatic rings. The molecule has 6 heteroatoms. The number of rotatable bonds is 6. The molecule has 2 rings (SSSR count). The van der Waals surface area contributed by atoms with Crippen LogP contribution in [0.1, 0.15) is 5.69 Å². The lowest BCUT2D eigenvalue weighted by Crippen LogP contribution is -2.41. The molecular weight excluding hydrogens is 248 g/mol. The fourth-order valence-corrected chi connectivity index (χ4v) is 1.84. The molecule has 0 saturated heterocycles. The van der Waals surface area contributed by atoms with Crippen LogP contribution in [-0.2, 0) is 16.0 Å². The number of para-hydroxylation sites is 1. The number of fused-ring (bicyclic) bond motifs is 1. The smallest absolute Gasteiger partial charge is 0.226 e. The van der Waals surface area contributed by atoms with Gasteiger partial charge in [0, 0.05) is 12.5 Å². The maximum Gasteiger partial charge on any atom is 0.226 e. The van der Waals surface area contributed by atoms with Crippen LogP contribution in [0.15, 0.2) is 28.8 Å². The van der Waals surface area contributed by atoms with Gasteiger partial charge < -0.3 is 19.7 Å². The Hall–Kier alpha value is -1.92. The summed E-state index contributed by atoms with van der Waals surface area (Å²) >= 11 is 0. The van der Waals surface area contributed by atoms with Gasteiger partial charge in [-0.15, -0.1) is 0 Å². The first kappa shape index (κ1) is 13.5. The van der Waals surface area contributed by atoms with E-state index in [0.29, 0.717) is 11.3 Å². The Morgan fingerprint density at radius 3 is 3.05 bits per heavy atom. The Kier molecular flexibility index (Phi) is 4.48. The largest absolute Gasteiger partial charge is 0.394 e. The Labute approximate surface area is 110 Å². The van der Waals surface area contributed by atoms with Crippen molar-refractivity contribution in [2.75, 3.05) is 20.3 Å². The van der Waals surface area contributed by atoms with E-state index in [2.05, 4.69) is 10.5 Å². The van der Waals surface area contributed by atoms with E-state index in [1.807, 2.05) is 18.2 Å². The van der Waals surface area contributed by atoms with Crippen LogP contribution < -0.4 is 5.32 Å². The molecule has 0 saturated carbocycles. The van der Waals surface area contributed by atoms with Gasteiger partial charge in [-0.05, 0) is 12.1 Å². The minimum Gasteiger partial charge on any atom is -0.394 e. The highest BCUT2D eigenvalue weighted by Crippen LogP contribution is 2.17. The molecule has 19 heavy (non-hydrogen) atoms. The number of aromatic nitrogens is 1. The lowest BCUT2D eigenvalue weighted by Gasteiger charge is -2.14. The van der Waals surface area contributed by atoms with Crippen molar-refractivity contribution in [2.24, 2.45) is 0 Å². The van der Waals surface area contributed by atoms with E-state index in [1.165, 1.54) is 7.11 Å². The molecule has 102 valence electrons. The molecule has 0 bridgehead atoms. The van der Waals surface area contributed by atoms with Crippen molar-refractivity contribution < 1.29 is 19.2 Å². The van der Waals surface area contributed by atoms with Crippen molar-refractivity contribution in [1.29, 1.82) is 0 Å². The van der Waals surface area contributed by atoms with E-state index < -0.39 is 6.04 Å². The summed E-state index contributed by atoms with van der Waals surface area (Å²) in [5.41, 5.74) is 1.24. The van der Waals surface area contributed by atoms with Crippen molar-refractivity contribution in [3.05, 3.63) is 30.0 Å². The highest BCUT2D eigenvalue weighted by molar-refractivity contribution is 5.86. The fraction of sp³-hybridized carbons (Fsp3) is 0.385. The normalized spacial score (nSPS) is 12.5. The number of carbonyl (C=O) groups is 1. The lowest BCUT2D eigenvalue weighted by molar-refractivity contribution is -0.121. The van der Waals surface area contributed by atoms with Crippen LogP contribution >= 0.6 is 0 Å². The predicted octanol–water partition coefficient (Wildman–Crippen LogP) is 0.494. The van der Waals surface area contributed by atoms with Crippen LogP contribution in [0.2, 0.25) is 0 Å². The zero-order valence-corrected chi connectivity index (χ0v) is 10.6. The summed E-state index contributed by atoms with van der Waals surface area (Å²) in [5, 5.41) is 16.5. The molecule has 6 nitrogen and oxygen atoms in total. The van der Waals surface area contributed by atoms with Crippen molar-refractivity contribution in [2.45, 2.75) is 12.5 Å². The summed E-state index contributed by atoms with van der Waals surface area (Å²) in [7, 11) is 1.51. The van der Waals surface area contributed by atoms with Gasteiger partial charge in [-0.3, -0.25) is 4.79 Å². The van der Waals surface area contributed by atoms with E-state index in [-0.39, 0.29) is 25.5 Å². The van der Waals surface area contributed by atoms with Gasteiger partial charge in [0.25, 0.3) is 0 Å². The average Bonchev–Trinajstić information content (AvgIpc) is 2.82. The standard InChI is InChI=1S/C13H16N2O4/c1-18-8-9(7-16)14-13(17)6-11-10-4-2-3-5-12(10)19-15-11/h2-5,9,16H,6-8H2,1H3,(H,14,17). The maximum atomic E-state index is 11.8. The molecule has 0 aliphatic carbocycles. The number of nitrogens with zero attached hydrogens (tertiary/aromatic N) is 1. The molecule has 1 unspecified atom stereocenters. The SMILES string of the molecule is COCC(CO)NC(=O)Cc1noc2ccccc12. The van der Waals surface area contributed by atoms with E-state index in [0.717, 1.165) is 5.39 Å². The molecule has 2 N–H and O–H groups in total. The van der Waals surface area contributed by atoms with Crippen LogP contribution in [-0.4, -0.2) is 42.5 Å². The summed E-state index contributed by atoms with van der Waals surface area (Å²) < 4.78 is 10.0. The quantitative estimate of drug-likeness (QED) is 0.793. The zero-order chi connectivity index (χ0) is 13.7. The summed E-state index contributed by atoms with van der Waals surface area (Å²) in [6.07, 6.45) is 0.108. The number of carbonyl (C=O) groups excluding carboxylic acids is 1. The molecule has 1 amide bonds. The number of amides is 1. The third-order valence-electron chi connectivity index (χ3n) is 2.73. The van der Waals surface area contributed by atoms with Gasteiger partial charge in [0.1, 0.15) is 5.69 Å². The summed E-state index contributed by atoms with van der Waals surface area (Å²) in [4.78, 5) is 11.8. The molecule has 1 atom stereocenters. The minimum atomic E-state index is -0.407. The summed E-state index contributed by atoms with van der Waals surface area (Å²) in [5.74, 6) is -0.227. The number of aliphatic hydroxyl groups is 1. The van der Waals surface area contributed by atoms with E-state index in [9.17, 15) is 4.79 Å². The van der Waals surface area contributed by atoms with E-state index >= 15 is 0 Å². The van der Waals surface area contributed by atoms with Gasteiger partial charge in [0.2, 0.25) is 5.91 Å². The van der Waals surface area contributed by atoms with Crippen LogP contribution in [0.3, 0.4) is 0 Å². The second-order valence-corrected chi connectivity index (χ2v) is 4.20. The van der Waals surface area contributed by atoms with Gasteiger partial charge in [0.15, 0.2) is 5.58 Å². The van der Waals surface area contributed by atoms with Gasteiger partial charge in [-0.1, -0.05) is 17.3 Å². The van der Waals surface area contributed by atoms with Crippen LogP contribution in [0, 0.1) is 0 Å². The first-order chi connectivity index (χ1) is 9.24.